The summed E-state index contributed by atoms with van der Waals surface area (Å²) in [5.74, 6) is 0. The summed E-state index contributed by atoms with van der Waals surface area (Å²) in [6.07, 6.45) is 3.37. The molecule has 0 N–H and O–H groups in total. The Bertz CT molecular complexity index is 603. The van der Waals surface area contributed by atoms with Crippen molar-refractivity contribution in [3.05, 3.63) is 54.5 Å². The molecule has 1 aromatic carbocycles. The van der Waals surface area contributed by atoms with Gasteiger partial charge in [0.05, 0.1) is 14.6 Å². The summed E-state index contributed by atoms with van der Waals surface area (Å²) in [7, 11) is -4.54. The molecular weight excluding hydrogens is 282 g/mol. The summed E-state index contributed by atoms with van der Waals surface area (Å²) in [5.41, 5.74) is 0. The highest BCUT2D eigenvalue weighted by molar-refractivity contribution is 7.97. The van der Waals surface area contributed by atoms with Gasteiger partial charge in [-0.15, -0.1) is 0 Å². The Kier molecular flexibility index (Phi) is 5.16. The summed E-state index contributed by atoms with van der Waals surface area (Å²) in [6.45, 7) is 14.5. The molecule has 0 fully saturated rings. The summed E-state index contributed by atoms with van der Waals surface area (Å²) in [6, 6.07) is 9.49. The Labute approximate surface area is 124 Å². The van der Waals surface area contributed by atoms with E-state index in [1.807, 2.05) is 30.3 Å². The molecule has 20 heavy (non-hydrogen) atoms. The van der Waals surface area contributed by atoms with Crippen LogP contribution < -0.4 is 0 Å². The lowest BCUT2D eigenvalue weighted by molar-refractivity contribution is 0.680. The SMILES string of the molecule is C=C/C=C/[S@@](=O)(=N[Si](C)(C)C(C)(C)C)c1ccccc1. The van der Waals surface area contributed by atoms with Crippen LogP contribution in [0.1, 0.15) is 20.8 Å². The molecule has 0 aliphatic carbocycles. The van der Waals surface area contributed by atoms with Crippen LogP contribution in [0.25, 0.3) is 0 Å². The van der Waals surface area contributed by atoms with Crippen molar-refractivity contribution in [3.8, 4) is 0 Å². The highest BCUT2D eigenvalue weighted by Crippen LogP contribution is 2.38. The van der Waals surface area contributed by atoms with E-state index in [9.17, 15) is 4.21 Å². The molecule has 0 spiro atoms. The first-order chi connectivity index (χ1) is 9.12. The number of nitrogens with zero attached hydrogens (tertiary/aromatic N) is 1. The van der Waals surface area contributed by atoms with E-state index in [2.05, 4.69) is 40.4 Å². The lowest BCUT2D eigenvalue weighted by atomic mass is 10.2. The van der Waals surface area contributed by atoms with Gasteiger partial charge in [0.15, 0.2) is 8.24 Å². The summed E-state index contributed by atoms with van der Waals surface area (Å²) in [4.78, 5) is 0.767. The molecule has 4 heteroatoms. The van der Waals surface area contributed by atoms with Gasteiger partial charge in [-0.25, -0.2) is 4.21 Å². The van der Waals surface area contributed by atoms with Gasteiger partial charge >= 0.3 is 0 Å². The third kappa shape index (κ3) is 3.93. The predicted molar refractivity (Wildman–Crippen MR) is 91.8 cm³/mol. The van der Waals surface area contributed by atoms with Gasteiger partial charge in [-0.2, -0.15) is 0 Å². The van der Waals surface area contributed by atoms with Crippen LogP contribution >= 0.6 is 0 Å². The molecule has 0 aliphatic rings. The van der Waals surface area contributed by atoms with Gasteiger partial charge < -0.3 is 0 Å². The Morgan fingerprint density at radius 2 is 1.75 bits per heavy atom. The van der Waals surface area contributed by atoms with Crippen molar-refractivity contribution >= 4 is 18.0 Å². The quantitative estimate of drug-likeness (QED) is 0.554. The van der Waals surface area contributed by atoms with Crippen LogP contribution in [0.15, 0.2) is 63.4 Å². The van der Waals surface area contributed by atoms with Crippen LogP contribution in [0, 0.1) is 0 Å². The lowest BCUT2D eigenvalue weighted by Gasteiger charge is -2.33. The van der Waals surface area contributed by atoms with Crippen molar-refractivity contribution in [2.45, 2.75) is 43.8 Å². The first-order valence-electron chi connectivity index (χ1n) is 6.75. The second-order valence-electron chi connectivity index (χ2n) is 6.35. The first kappa shape index (κ1) is 16.9. The maximum Gasteiger partial charge on any atom is 0.193 e. The molecule has 0 radical (unpaired) electrons. The largest absolute Gasteiger partial charge is 0.270 e. The zero-order chi connectivity index (χ0) is 15.4. The molecule has 1 aromatic rings. The molecule has 0 amide bonds. The van der Waals surface area contributed by atoms with Crippen LogP contribution in [0.3, 0.4) is 0 Å². The van der Waals surface area contributed by atoms with E-state index in [0.29, 0.717) is 0 Å². The van der Waals surface area contributed by atoms with Gasteiger partial charge in [0.25, 0.3) is 0 Å². The summed E-state index contributed by atoms with van der Waals surface area (Å²) < 4.78 is 18.2. The molecule has 1 rings (SSSR count). The fraction of sp³-hybridized carbons (Fsp3) is 0.375. The molecule has 2 nitrogen and oxygen atoms in total. The smallest absolute Gasteiger partial charge is 0.193 e. The Balaban J connectivity index is 3.53. The van der Waals surface area contributed by atoms with Gasteiger partial charge in [0.2, 0.25) is 0 Å². The van der Waals surface area contributed by atoms with Crippen LogP contribution in [0.4, 0.5) is 0 Å². The van der Waals surface area contributed by atoms with Gasteiger partial charge in [0, 0.05) is 5.41 Å². The molecule has 0 bridgehead atoms. The highest BCUT2D eigenvalue weighted by atomic mass is 32.2. The number of allylic oxidation sites excluding steroid dienone is 2. The number of rotatable bonds is 4. The number of hydrogen-bond donors (Lipinski definition) is 0. The zero-order valence-corrected chi connectivity index (χ0v) is 14.9. The fourth-order valence-electron chi connectivity index (χ4n) is 1.42. The Hall–Kier alpha value is -1.13. The van der Waals surface area contributed by atoms with E-state index in [4.69, 9.17) is 4.03 Å². The van der Waals surface area contributed by atoms with Crippen LogP contribution in [0.5, 0.6) is 0 Å². The molecule has 0 heterocycles. The first-order valence-corrected chi connectivity index (χ1v) is 11.3. The molecule has 0 aromatic heterocycles. The average molecular weight is 308 g/mol. The highest BCUT2D eigenvalue weighted by Gasteiger charge is 2.37. The van der Waals surface area contributed by atoms with Gasteiger partial charge in [-0.05, 0) is 30.3 Å². The molecule has 0 saturated heterocycles. The van der Waals surface area contributed by atoms with Gasteiger partial charge in [-0.1, -0.05) is 57.7 Å². The Morgan fingerprint density at radius 3 is 2.20 bits per heavy atom. The molecule has 0 saturated carbocycles. The maximum atomic E-state index is 13.3. The van der Waals surface area contributed by atoms with E-state index in [-0.39, 0.29) is 5.04 Å². The third-order valence-electron chi connectivity index (χ3n) is 3.68. The predicted octanol–water partition coefficient (Wildman–Crippen LogP) is 5.22. The van der Waals surface area contributed by atoms with E-state index >= 15 is 0 Å². The van der Waals surface area contributed by atoms with Crippen molar-refractivity contribution in [3.63, 3.8) is 0 Å². The lowest BCUT2D eigenvalue weighted by Crippen LogP contribution is -2.36. The van der Waals surface area contributed by atoms with Crippen molar-refractivity contribution in [1.29, 1.82) is 0 Å². The molecule has 0 aliphatic heterocycles. The minimum Gasteiger partial charge on any atom is -0.270 e. The van der Waals surface area contributed by atoms with Crippen molar-refractivity contribution in [1.82, 2.24) is 0 Å². The normalized spacial score (nSPS) is 15.8. The molecule has 0 unspecified atom stereocenters. The van der Waals surface area contributed by atoms with Crippen LogP contribution in [-0.2, 0) is 9.73 Å². The number of benzene rings is 1. The third-order valence-corrected chi connectivity index (χ3v) is 11.7. The standard InChI is InChI=1S/C16H25NOSSi/c1-7-8-14-19(18,15-12-10-9-11-13-15)17-20(5,6)16(2,3)4/h7-14H,1H2,2-6H3/b14-8+/t19-/m0/s1. The monoisotopic (exact) mass is 307 g/mol. The van der Waals surface area contributed by atoms with E-state index in [1.54, 1.807) is 17.6 Å². The second kappa shape index (κ2) is 6.10. The fourth-order valence-corrected chi connectivity index (χ4v) is 6.92. The average Bonchev–Trinajstić information content (AvgIpc) is 2.35. The molecule has 110 valence electrons. The Morgan fingerprint density at radius 1 is 1.20 bits per heavy atom. The summed E-state index contributed by atoms with van der Waals surface area (Å²) >= 11 is 0. The van der Waals surface area contributed by atoms with Crippen LogP contribution in [0.2, 0.25) is 18.1 Å². The van der Waals surface area contributed by atoms with E-state index in [0.717, 1.165) is 4.90 Å². The molecule has 1 atom stereocenters. The second-order valence-corrected chi connectivity index (χ2v) is 13.6. The van der Waals surface area contributed by atoms with E-state index in [1.165, 1.54) is 0 Å². The van der Waals surface area contributed by atoms with Gasteiger partial charge in [-0.3, -0.25) is 4.03 Å². The number of hydrogen-bond acceptors (Lipinski definition) is 2. The minimum absolute atomic E-state index is 0.0620. The molecular formula is C16H25NOSSi. The summed E-state index contributed by atoms with van der Waals surface area (Å²) in [5, 5.41) is 1.75. The maximum absolute atomic E-state index is 13.3. The zero-order valence-electron chi connectivity index (χ0n) is 13.1. The van der Waals surface area contributed by atoms with Crippen LogP contribution in [-0.4, -0.2) is 12.4 Å². The minimum atomic E-state index is -2.54. The van der Waals surface area contributed by atoms with Crippen molar-refractivity contribution in [2.75, 3.05) is 0 Å². The van der Waals surface area contributed by atoms with E-state index < -0.39 is 18.0 Å². The van der Waals surface area contributed by atoms with Crippen molar-refractivity contribution in [2.24, 2.45) is 4.03 Å². The van der Waals surface area contributed by atoms with Gasteiger partial charge in [0.1, 0.15) is 0 Å². The topological polar surface area (TPSA) is 29.4 Å². The van der Waals surface area contributed by atoms with Crippen molar-refractivity contribution < 1.29 is 4.21 Å².